The van der Waals surface area contributed by atoms with Crippen LogP contribution in [-0.2, 0) is 0 Å². The van der Waals surface area contributed by atoms with Crippen LogP contribution in [-0.4, -0.2) is 17.8 Å². The standard InChI is InChI=1S/C8H17F5Si2/c1-2-14(9,10)7-5-3-4-6-8-15(11,12)13/h2-8H2,1H3. The highest BCUT2D eigenvalue weighted by Crippen LogP contribution is 2.23. The van der Waals surface area contributed by atoms with Crippen LogP contribution in [0.2, 0.25) is 18.1 Å². The summed E-state index contributed by atoms with van der Waals surface area (Å²) >= 11 is 0. The topological polar surface area (TPSA) is 0 Å². The zero-order chi connectivity index (χ0) is 11.9. The van der Waals surface area contributed by atoms with Gasteiger partial charge >= 0.3 is 17.8 Å². The SMILES string of the molecule is CC[Si](F)(F)CCCCCC[Si](F)(F)F. The molecule has 15 heavy (non-hydrogen) atoms. The van der Waals surface area contributed by atoms with Gasteiger partial charge in [-0.1, -0.05) is 26.2 Å². The molecule has 0 saturated heterocycles. The second-order valence-corrected chi connectivity index (χ2v) is 8.39. The van der Waals surface area contributed by atoms with E-state index in [1.807, 2.05) is 0 Å². The van der Waals surface area contributed by atoms with Crippen molar-refractivity contribution < 1.29 is 20.5 Å². The van der Waals surface area contributed by atoms with Crippen molar-refractivity contribution in [2.24, 2.45) is 0 Å². The van der Waals surface area contributed by atoms with Crippen molar-refractivity contribution in [2.45, 2.75) is 50.7 Å². The molecule has 0 bridgehead atoms. The Balaban J connectivity index is 3.33. The quantitative estimate of drug-likeness (QED) is 0.256. The number of unbranched alkanes of at least 4 members (excludes halogenated alkanes) is 3. The van der Waals surface area contributed by atoms with Crippen LogP contribution < -0.4 is 0 Å². The summed E-state index contributed by atoms with van der Waals surface area (Å²) in [4.78, 5) is 0. The molecule has 7 heteroatoms. The number of hydrogen-bond acceptors (Lipinski definition) is 0. The fourth-order valence-electron chi connectivity index (χ4n) is 1.24. The summed E-state index contributed by atoms with van der Waals surface area (Å²) in [6.07, 6.45) is 1.44. The Hall–Kier alpha value is 0.0838. The molecule has 0 aliphatic carbocycles. The molecule has 0 aliphatic heterocycles. The monoisotopic (exact) mass is 264 g/mol. The lowest BCUT2D eigenvalue weighted by molar-refractivity contribution is 0.459. The van der Waals surface area contributed by atoms with Crippen LogP contribution >= 0.6 is 0 Å². The molecule has 0 aromatic carbocycles. The maximum atomic E-state index is 12.8. The molecule has 92 valence electrons. The average Bonchev–Trinajstić information content (AvgIpc) is 2.09. The largest absolute Gasteiger partial charge is 0.616 e. The highest BCUT2D eigenvalue weighted by Gasteiger charge is 2.35. The Morgan fingerprint density at radius 1 is 0.733 bits per heavy atom. The molecule has 0 fully saturated rings. The number of halogens is 5. The number of rotatable bonds is 8. The van der Waals surface area contributed by atoms with Gasteiger partial charge in [0.25, 0.3) is 0 Å². The zero-order valence-electron chi connectivity index (χ0n) is 8.84. The van der Waals surface area contributed by atoms with Crippen LogP contribution in [0.15, 0.2) is 0 Å². The minimum Gasteiger partial charge on any atom is -0.270 e. The molecule has 0 aromatic rings. The highest BCUT2D eigenvalue weighted by atomic mass is 28.5. The van der Waals surface area contributed by atoms with Gasteiger partial charge in [0.1, 0.15) is 0 Å². The summed E-state index contributed by atoms with van der Waals surface area (Å²) in [5.74, 6) is 0. The van der Waals surface area contributed by atoms with E-state index in [0.717, 1.165) is 0 Å². The smallest absolute Gasteiger partial charge is 0.270 e. The summed E-state index contributed by atoms with van der Waals surface area (Å²) in [6.45, 7) is 1.47. The summed E-state index contributed by atoms with van der Waals surface area (Å²) in [5, 5.41) is 0. The van der Waals surface area contributed by atoms with Crippen molar-refractivity contribution in [3.05, 3.63) is 0 Å². The molecule has 0 atom stereocenters. The first-order chi connectivity index (χ1) is 6.77. The lowest BCUT2D eigenvalue weighted by atomic mass is 10.2. The van der Waals surface area contributed by atoms with Crippen LogP contribution in [0.4, 0.5) is 20.5 Å². The lowest BCUT2D eigenvalue weighted by Gasteiger charge is -2.09. The van der Waals surface area contributed by atoms with Crippen molar-refractivity contribution in [3.8, 4) is 0 Å². The van der Waals surface area contributed by atoms with Crippen LogP contribution in [0.5, 0.6) is 0 Å². The molecule has 0 aliphatic rings. The average molecular weight is 264 g/mol. The highest BCUT2D eigenvalue weighted by molar-refractivity contribution is 6.65. The normalized spacial score (nSPS) is 13.2. The Morgan fingerprint density at radius 3 is 1.60 bits per heavy atom. The molecule has 0 rings (SSSR count). The molecule has 0 heterocycles. The minimum atomic E-state index is -5.40. The van der Waals surface area contributed by atoms with Crippen LogP contribution in [0, 0.1) is 0 Å². The van der Waals surface area contributed by atoms with Gasteiger partial charge in [0.2, 0.25) is 0 Å². The maximum Gasteiger partial charge on any atom is 0.616 e. The Morgan fingerprint density at radius 2 is 1.20 bits per heavy atom. The van der Waals surface area contributed by atoms with Gasteiger partial charge in [-0.05, 0) is 18.5 Å². The molecule has 0 unspecified atom stereocenters. The molecule has 0 spiro atoms. The van der Waals surface area contributed by atoms with Gasteiger partial charge in [-0.2, -0.15) is 0 Å². The molecule has 0 saturated carbocycles. The van der Waals surface area contributed by atoms with E-state index in [4.69, 9.17) is 0 Å². The van der Waals surface area contributed by atoms with Gasteiger partial charge in [-0.3, -0.25) is 8.22 Å². The number of hydrogen-bond donors (Lipinski definition) is 0. The van der Waals surface area contributed by atoms with E-state index in [-0.39, 0.29) is 18.5 Å². The van der Waals surface area contributed by atoms with E-state index in [1.165, 1.54) is 6.92 Å². The van der Waals surface area contributed by atoms with Gasteiger partial charge in [-0.15, -0.1) is 0 Å². The summed E-state index contributed by atoms with van der Waals surface area (Å²) in [6, 6.07) is -0.774. The maximum absolute atomic E-state index is 12.8. The molecular weight excluding hydrogens is 247 g/mol. The summed E-state index contributed by atoms with van der Waals surface area (Å²) in [7, 11) is -9.39. The first kappa shape index (κ1) is 15.1. The fourth-order valence-corrected chi connectivity index (χ4v) is 3.01. The zero-order valence-corrected chi connectivity index (χ0v) is 10.8. The van der Waals surface area contributed by atoms with Gasteiger partial charge in [0, 0.05) is 6.04 Å². The third-order valence-electron chi connectivity index (χ3n) is 2.27. The van der Waals surface area contributed by atoms with Gasteiger partial charge < -0.3 is 0 Å². The van der Waals surface area contributed by atoms with Crippen molar-refractivity contribution in [1.82, 2.24) is 0 Å². The van der Waals surface area contributed by atoms with Gasteiger partial charge in [0.05, 0.1) is 0 Å². The molecule has 0 radical (unpaired) electrons. The first-order valence-electron chi connectivity index (χ1n) is 5.21. The van der Waals surface area contributed by atoms with Crippen molar-refractivity contribution in [3.63, 3.8) is 0 Å². The second-order valence-electron chi connectivity index (χ2n) is 3.74. The fraction of sp³-hybridized carbons (Fsp3) is 1.00. The van der Waals surface area contributed by atoms with E-state index < -0.39 is 23.9 Å². The van der Waals surface area contributed by atoms with Crippen molar-refractivity contribution >= 4 is 17.8 Å². The predicted octanol–water partition coefficient (Wildman–Crippen LogP) is 4.80. The second kappa shape index (κ2) is 6.62. The molecule has 0 aromatic heterocycles. The van der Waals surface area contributed by atoms with E-state index >= 15 is 0 Å². The van der Waals surface area contributed by atoms with E-state index in [1.54, 1.807) is 0 Å². The first-order valence-corrected chi connectivity index (χ1v) is 9.22. The third-order valence-corrected chi connectivity index (χ3v) is 5.31. The van der Waals surface area contributed by atoms with E-state index in [9.17, 15) is 20.5 Å². The van der Waals surface area contributed by atoms with E-state index in [0.29, 0.717) is 19.3 Å². The minimum absolute atomic E-state index is 0.0531. The van der Waals surface area contributed by atoms with Crippen LogP contribution in [0.3, 0.4) is 0 Å². The van der Waals surface area contributed by atoms with Crippen molar-refractivity contribution in [2.75, 3.05) is 0 Å². The molecule has 0 nitrogen and oxygen atoms in total. The van der Waals surface area contributed by atoms with Crippen LogP contribution in [0.1, 0.15) is 32.6 Å². The molecular formula is C8H17F5Si2. The Bertz CT molecular complexity index is 169. The summed E-state index contributed by atoms with van der Waals surface area (Å²) < 4.78 is 61.1. The summed E-state index contributed by atoms with van der Waals surface area (Å²) in [5.41, 5.74) is 0. The Labute approximate surface area is 89.8 Å². The lowest BCUT2D eigenvalue weighted by Crippen LogP contribution is -2.19. The third kappa shape index (κ3) is 10.4. The van der Waals surface area contributed by atoms with Gasteiger partial charge in [-0.25, -0.2) is 12.3 Å². The van der Waals surface area contributed by atoms with Gasteiger partial charge in [0.15, 0.2) is 0 Å². The predicted molar refractivity (Wildman–Crippen MR) is 55.6 cm³/mol. The Kier molecular flexibility index (Phi) is 6.66. The molecule has 0 N–H and O–H groups in total. The molecule has 0 amide bonds. The van der Waals surface area contributed by atoms with E-state index in [2.05, 4.69) is 0 Å². The van der Waals surface area contributed by atoms with Crippen molar-refractivity contribution in [1.29, 1.82) is 0 Å². The van der Waals surface area contributed by atoms with Crippen LogP contribution in [0.25, 0.3) is 0 Å².